The van der Waals surface area contributed by atoms with Crippen molar-refractivity contribution in [3.63, 3.8) is 0 Å². The first-order valence-corrected chi connectivity index (χ1v) is 6.02. The van der Waals surface area contributed by atoms with E-state index in [1.165, 1.54) is 7.11 Å². The molecule has 108 valence electrons. The summed E-state index contributed by atoms with van der Waals surface area (Å²) < 4.78 is 31.9. The molecular formula is C13H14F2N2O3. The van der Waals surface area contributed by atoms with Crippen molar-refractivity contribution in [3.05, 3.63) is 35.4 Å². The molecule has 2 atom stereocenters. The molecule has 1 aromatic carbocycles. The molecule has 2 N–H and O–H groups in total. The summed E-state index contributed by atoms with van der Waals surface area (Å²) in [6.07, 6.45) is -0.109. The molecule has 2 amide bonds. The molecule has 1 saturated heterocycles. The molecule has 0 saturated carbocycles. The smallest absolute Gasteiger partial charge is 0.257 e. The summed E-state index contributed by atoms with van der Waals surface area (Å²) in [6.45, 7) is 0.110. The van der Waals surface area contributed by atoms with Gasteiger partial charge in [-0.3, -0.25) is 9.59 Å². The number of halogens is 2. The van der Waals surface area contributed by atoms with Gasteiger partial charge in [0.2, 0.25) is 5.91 Å². The minimum absolute atomic E-state index is 0.110. The number of hydrogen-bond acceptors (Lipinski definition) is 3. The number of hydrogen-bond donors (Lipinski definition) is 1. The maximum atomic E-state index is 13.6. The Labute approximate surface area is 114 Å². The van der Waals surface area contributed by atoms with Gasteiger partial charge in [0.15, 0.2) is 0 Å². The van der Waals surface area contributed by atoms with Crippen LogP contribution in [0.15, 0.2) is 18.2 Å². The number of nitrogens with zero attached hydrogens (tertiary/aromatic N) is 1. The molecule has 1 fully saturated rings. The molecular weight excluding hydrogens is 270 g/mol. The van der Waals surface area contributed by atoms with Gasteiger partial charge in [0.05, 0.1) is 11.7 Å². The van der Waals surface area contributed by atoms with Crippen molar-refractivity contribution in [2.75, 3.05) is 13.7 Å². The Morgan fingerprint density at radius 1 is 1.40 bits per heavy atom. The molecule has 2 rings (SSSR count). The summed E-state index contributed by atoms with van der Waals surface area (Å²) in [7, 11) is 1.44. The number of primary amides is 1. The van der Waals surface area contributed by atoms with Crippen LogP contribution in [0.1, 0.15) is 16.8 Å². The molecule has 0 radical (unpaired) electrons. The predicted molar refractivity (Wildman–Crippen MR) is 65.8 cm³/mol. The third-order valence-corrected chi connectivity index (χ3v) is 3.34. The van der Waals surface area contributed by atoms with Crippen LogP contribution in [-0.2, 0) is 9.53 Å². The third kappa shape index (κ3) is 2.62. The van der Waals surface area contributed by atoms with Crippen LogP contribution in [0.2, 0.25) is 0 Å². The van der Waals surface area contributed by atoms with Crippen molar-refractivity contribution in [1.29, 1.82) is 0 Å². The minimum Gasteiger partial charge on any atom is -0.380 e. The van der Waals surface area contributed by atoms with Gasteiger partial charge in [-0.05, 0) is 18.2 Å². The van der Waals surface area contributed by atoms with Gasteiger partial charge in [-0.2, -0.15) is 0 Å². The number of benzene rings is 1. The number of carbonyl (C=O) groups excluding carboxylic acids is 2. The highest BCUT2D eigenvalue weighted by Gasteiger charge is 2.39. The van der Waals surface area contributed by atoms with E-state index in [0.29, 0.717) is 0 Å². The lowest BCUT2D eigenvalue weighted by atomic mass is 10.1. The van der Waals surface area contributed by atoms with Crippen LogP contribution < -0.4 is 5.73 Å². The van der Waals surface area contributed by atoms with Crippen molar-refractivity contribution < 1.29 is 23.1 Å². The lowest BCUT2D eigenvalue weighted by Gasteiger charge is -2.22. The minimum atomic E-state index is -0.880. The summed E-state index contributed by atoms with van der Waals surface area (Å²) in [5.74, 6) is -3.05. The van der Waals surface area contributed by atoms with Crippen LogP contribution in [0.3, 0.4) is 0 Å². The van der Waals surface area contributed by atoms with Crippen molar-refractivity contribution >= 4 is 11.8 Å². The Morgan fingerprint density at radius 3 is 2.70 bits per heavy atom. The lowest BCUT2D eigenvalue weighted by Crippen LogP contribution is -2.44. The van der Waals surface area contributed by atoms with E-state index in [4.69, 9.17) is 10.5 Å². The van der Waals surface area contributed by atoms with E-state index in [1.54, 1.807) is 0 Å². The Bertz CT molecular complexity index is 550. The third-order valence-electron chi connectivity index (χ3n) is 3.34. The zero-order valence-corrected chi connectivity index (χ0v) is 10.8. The van der Waals surface area contributed by atoms with Crippen molar-refractivity contribution in [2.45, 2.75) is 18.6 Å². The Morgan fingerprint density at radius 2 is 2.10 bits per heavy atom. The quantitative estimate of drug-likeness (QED) is 0.887. The fourth-order valence-electron chi connectivity index (χ4n) is 2.28. The average Bonchev–Trinajstić information content (AvgIpc) is 2.85. The molecule has 0 spiro atoms. The number of nitrogens with two attached hydrogens (primary N) is 1. The summed E-state index contributed by atoms with van der Waals surface area (Å²) in [6, 6.07) is 1.70. The molecule has 1 heterocycles. The zero-order chi connectivity index (χ0) is 14.9. The predicted octanol–water partition coefficient (Wildman–Crippen LogP) is 0.680. The first-order chi connectivity index (χ1) is 9.43. The van der Waals surface area contributed by atoms with E-state index >= 15 is 0 Å². The SMILES string of the molecule is CO[C@H]1C[C@@H](C(N)=O)N(C(=O)c2cc(F)ccc2F)C1. The fourth-order valence-corrected chi connectivity index (χ4v) is 2.28. The second-order valence-electron chi connectivity index (χ2n) is 4.59. The average molecular weight is 284 g/mol. The van der Waals surface area contributed by atoms with E-state index in [9.17, 15) is 18.4 Å². The second-order valence-corrected chi connectivity index (χ2v) is 4.59. The molecule has 20 heavy (non-hydrogen) atoms. The molecule has 1 aromatic rings. The van der Waals surface area contributed by atoms with Gasteiger partial charge in [-0.1, -0.05) is 0 Å². The van der Waals surface area contributed by atoms with Gasteiger partial charge in [0.1, 0.15) is 17.7 Å². The Hall–Kier alpha value is -2.02. The summed E-state index contributed by atoms with van der Waals surface area (Å²) in [4.78, 5) is 24.7. The monoisotopic (exact) mass is 284 g/mol. The molecule has 0 unspecified atom stereocenters. The molecule has 5 nitrogen and oxygen atoms in total. The van der Waals surface area contributed by atoms with Crippen LogP contribution in [0.25, 0.3) is 0 Å². The van der Waals surface area contributed by atoms with Crippen LogP contribution in [0.5, 0.6) is 0 Å². The summed E-state index contributed by atoms with van der Waals surface area (Å²) in [5, 5.41) is 0. The maximum absolute atomic E-state index is 13.6. The van der Waals surface area contributed by atoms with Gasteiger partial charge < -0.3 is 15.4 Å². The number of methoxy groups -OCH3 is 1. The normalized spacial score (nSPS) is 22.1. The number of likely N-dealkylation sites (tertiary alicyclic amines) is 1. The molecule has 7 heteroatoms. The van der Waals surface area contributed by atoms with Gasteiger partial charge in [0.25, 0.3) is 5.91 Å². The summed E-state index contributed by atoms with van der Waals surface area (Å²) >= 11 is 0. The van der Waals surface area contributed by atoms with Gasteiger partial charge in [-0.25, -0.2) is 8.78 Å². The van der Waals surface area contributed by atoms with E-state index in [0.717, 1.165) is 23.1 Å². The van der Waals surface area contributed by atoms with Crippen molar-refractivity contribution in [3.8, 4) is 0 Å². The number of ether oxygens (including phenoxy) is 1. The van der Waals surface area contributed by atoms with E-state index in [2.05, 4.69) is 0 Å². The number of amides is 2. The van der Waals surface area contributed by atoms with Gasteiger partial charge in [-0.15, -0.1) is 0 Å². The first-order valence-electron chi connectivity index (χ1n) is 6.02. The van der Waals surface area contributed by atoms with Crippen LogP contribution in [0.4, 0.5) is 8.78 Å². The van der Waals surface area contributed by atoms with Gasteiger partial charge in [0, 0.05) is 20.1 Å². The second kappa shape index (κ2) is 5.54. The van der Waals surface area contributed by atoms with Crippen LogP contribution in [-0.4, -0.2) is 42.5 Å². The molecule has 0 aromatic heterocycles. The molecule has 0 bridgehead atoms. The van der Waals surface area contributed by atoms with Crippen molar-refractivity contribution in [2.24, 2.45) is 5.73 Å². The first kappa shape index (κ1) is 14.4. The Kier molecular flexibility index (Phi) is 3.99. The molecule has 1 aliphatic rings. The topological polar surface area (TPSA) is 72.6 Å². The largest absolute Gasteiger partial charge is 0.380 e. The number of rotatable bonds is 3. The zero-order valence-electron chi connectivity index (χ0n) is 10.8. The lowest BCUT2D eigenvalue weighted by molar-refractivity contribution is -0.121. The Balaban J connectivity index is 2.31. The number of carbonyl (C=O) groups is 2. The fraction of sp³-hybridized carbons (Fsp3) is 0.385. The van der Waals surface area contributed by atoms with E-state index in [-0.39, 0.29) is 19.1 Å². The van der Waals surface area contributed by atoms with Crippen molar-refractivity contribution in [1.82, 2.24) is 4.90 Å². The highest BCUT2D eigenvalue weighted by molar-refractivity contribution is 5.98. The van der Waals surface area contributed by atoms with E-state index < -0.39 is 35.1 Å². The van der Waals surface area contributed by atoms with E-state index in [1.807, 2.05) is 0 Å². The van der Waals surface area contributed by atoms with Crippen LogP contribution >= 0.6 is 0 Å². The highest BCUT2D eigenvalue weighted by atomic mass is 19.1. The molecule has 0 aliphatic carbocycles. The highest BCUT2D eigenvalue weighted by Crippen LogP contribution is 2.23. The summed E-state index contributed by atoms with van der Waals surface area (Å²) in [5.41, 5.74) is 4.81. The standard InChI is InChI=1S/C13H14F2N2O3/c1-20-8-5-11(12(16)18)17(6-8)13(19)9-4-7(14)2-3-10(9)15/h2-4,8,11H,5-6H2,1H3,(H2,16,18)/t8-,11-/m0/s1. The maximum Gasteiger partial charge on any atom is 0.257 e. The molecule has 1 aliphatic heterocycles. The van der Waals surface area contributed by atoms with Crippen LogP contribution in [0, 0.1) is 11.6 Å². The van der Waals surface area contributed by atoms with Gasteiger partial charge >= 0.3 is 0 Å².